The SMILES string of the molecule is NC(=O)CONC(=O)c1cc(-c2ccccc2)cc(Cl)c1O. The first-order valence-electron chi connectivity index (χ1n) is 6.27. The average molecular weight is 321 g/mol. The van der Waals surface area contributed by atoms with E-state index >= 15 is 0 Å². The summed E-state index contributed by atoms with van der Waals surface area (Å²) in [6.45, 7) is -0.474. The van der Waals surface area contributed by atoms with E-state index in [9.17, 15) is 14.7 Å². The maximum atomic E-state index is 12.0. The number of amides is 2. The van der Waals surface area contributed by atoms with E-state index in [1.54, 1.807) is 6.07 Å². The van der Waals surface area contributed by atoms with Crippen LogP contribution in [0.5, 0.6) is 5.75 Å². The molecule has 0 unspecified atom stereocenters. The quantitative estimate of drug-likeness (QED) is 0.732. The molecule has 0 aliphatic rings. The smallest absolute Gasteiger partial charge is 0.278 e. The highest BCUT2D eigenvalue weighted by Gasteiger charge is 2.16. The number of hydrogen-bond donors (Lipinski definition) is 3. The molecule has 0 aliphatic heterocycles. The minimum atomic E-state index is -0.738. The number of nitrogens with two attached hydrogens (primary N) is 1. The van der Waals surface area contributed by atoms with Crippen LogP contribution in [0.15, 0.2) is 42.5 Å². The van der Waals surface area contributed by atoms with Crippen molar-refractivity contribution in [2.24, 2.45) is 5.73 Å². The summed E-state index contributed by atoms with van der Waals surface area (Å²) in [5, 5.41) is 9.94. The van der Waals surface area contributed by atoms with Crippen molar-refractivity contribution in [3.63, 3.8) is 0 Å². The molecule has 6 nitrogen and oxygen atoms in total. The molecule has 0 atom stereocenters. The van der Waals surface area contributed by atoms with Crippen LogP contribution >= 0.6 is 11.6 Å². The number of carbonyl (C=O) groups excluding carboxylic acids is 2. The average Bonchev–Trinajstić information content (AvgIpc) is 2.50. The lowest BCUT2D eigenvalue weighted by Crippen LogP contribution is -2.29. The van der Waals surface area contributed by atoms with Crippen LogP contribution in [0.4, 0.5) is 0 Å². The fourth-order valence-electron chi connectivity index (χ4n) is 1.80. The van der Waals surface area contributed by atoms with E-state index in [0.29, 0.717) is 5.56 Å². The first kappa shape index (κ1) is 15.8. The molecule has 114 valence electrons. The maximum Gasteiger partial charge on any atom is 0.278 e. The molecule has 0 saturated carbocycles. The molecular formula is C15H13ClN2O4. The molecule has 7 heteroatoms. The van der Waals surface area contributed by atoms with Gasteiger partial charge in [-0.1, -0.05) is 41.9 Å². The number of hydrogen-bond acceptors (Lipinski definition) is 4. The van der Waals surface area contributed by atoms with Crippen LogP contribution in [0.25, 0.3) is 11.1 Å². The fourth-order valence-corrected chi connectivity index (χ4v) is 2.02. The minimum absolute atomic E-state index is 0.0291. The zero-order chi connectivity index (χ0) is 16.1. The Morgan fingerprint density at radius 2 is 1.86 bits per heavy atom. The van der Waals surface area contributed by atoms with Crippen molar-refractivity contribution in [2.45, 2.75) is 0 Å². The molecule has 2 amide bonds. The Morgan fingerprint density at radius 1 is 1.18 bits per heavy atom. The first-order chi connectivity index (χ1) is 10.5. The number of nitrogens with one attached hydrogen (secondary N) is 1. The molecular weight excluding hydrogens is 308 g/mol. The van der Waals surface area contributed by atoms with Gasteiger partial charge in [0.1, 0.15) is 5.75 Å². The second kappa shape index (κ2) is 6.93. The number of carbonyl (C=O) groups is 2. The Kier molecular flexibility index (Phi) is 4.98. The molecule has 22 heavy (non-hydrogen) atoms. The Labute approximate surface area is 131 Å². The normalized spacial score (nSPS) is 10.2. The minimum Gasteiger partial charge on any atom is -0.506 e. The third kappa shape index (κ3) is 3.75. The van der Waals surface area contributed by atoms with E-state index in [1.165, 1.54) is 6.07 Å². The zero-order valence-electron chi connectivity index (χ0n) is 11.4. The summed E-state index contributed by atoms with van der Waals surface area (Å²) < 4.78 is 0. The van der Waals surface area contributed by atoms with Crippen LogP contribution in [0.3, 0.4) is 0 Å². The van der Waals surface area contributed by atoms with E-state index in [2.05, 4.69) is 4.84 Å². The summed E-state index contributed by atoms with van der Waals surface area (Å²) in [4.78, 5) is 27.2. The monoisotopic (exact) mass is 320 g/mol. The zero-order valence-corrected chi connectivity index (χ0v) is 12.1. The number of aromatic hydroxyl groups is 1. The summed E-state index contributed by atoms with van der Waals surface area (Å²) in [7, 11) is 0. The van der Waals surface area contributed by atoms with Gasteiger partial charge in [0.15, 0.2) is 6.61 Å². The fraction of sp³-hybridized carbons (Fsp3) is 0.0667. The lowest BCUT2D eigenvalue weighted by molar-refractivity contribution is -0.124. The number of primary amides is 1. The molecule has 2 rings (SSSR count). The number of hydroxylamine groups is 1. The predicted molar refractivity (Wildman–Crippen MR) is 81.2 cm³/mol. The van der Waals surface area contributed by atoms with Crippen molar-refractivity contribution in [1.29, 1.82) is 0 Å². The van der Waals surface area contributed by atoms with E-state index < -0.39 is 18.4 Å². The molecule has 0 bridgehead atoms. The molecule has 4 N–H and O–H groups in total. The number of halogens is 1. The highest BCUT2D eigenvalue weighted by Crippen LogP contribution is 2.33. The third-order valence-corrected chi connectivity index (χ3v) is 3.08. The van der Waals surface area contributed by atoms with Gasteiger partial charge in [-0.2, -0.15) is 0 Å². The van der Waals surface area contributed by atoms with Crippen molar-refractivity contribution in [2.75, 3.05) is 6.61 Å². The molecule has 2 aromatic carbocycles. The molecule has 0 spiro atoms. The number of benzene rings is 2. The van der Waals surface area contributed by atoms with Crippen molar-refractivity contribution in [3.05, 3.63) is 53.1 Å². The van der Waals surface area contributed by atoms with Crippen molar-refractivity contribution < 1.29 is 19.5 Å². The Balaban J connectivity index is 2.29. The number of phenols is 1. The molecule has 0 aromatic heterocycles. The van der Waals surface area contributed by atoms with Gasteiger partial charge in [-0.05, 0) is 23.3 Å². The van der Waals surface area contributed by atoms with E-state index in [0.717, 1.165) is 5.56 Å². The van der Waals surface area contributed by atoms with Crippen LogP contribution in [0.1, 0.15) is 10.4 Å². The summed E-state index contributed by atoms with van der Waals surface area (Å²) in [5.41, 5.74) is 8.32. The van der Waals surface area contributed by atoms with Crippen LogP contribution in [-0.2, 0) is 9.63 Å². The third-order valence-electron chi connectivity index (χ3n) is 2.79. The molecule has 0 fully saturated rings. The lowest BCUT2D eigenvalue weighted by atomic mass is 10.0. The molecule has 2 aromatic rings. The lowest BCUT2D eigenvalue weighted by Gasteiger charge is -2.10. The second-order valence-electron chi connectivity index (χ2n) is 4.41. The van der Waals surface area contributed by atoms with Crippen molar-refractivity contribution in [1.82, 2.24) is 5.48 Å². The first-order valence-corrected chi connectivity index (χ1v) is 6.65. The molecule has 0 aliphatic carbocycles. The summed E-state index contributed by atoms with van der Waals surface area (Å²) in [6.07, 6.45) is 0. The van der Waals surface area contributed by atoms with Gasteiger partial charge in [-0.25, -0.2) is 5.48 Å². The van der Waals surface area contributed by atoms with Crippen LogP contribution in [-0.4, -0.2) is 23.5 Å². The van der Waals surface area contributed by atoms with Crippen LogP contribution < -0.4 is 11.2 Å². The van der Waals surface area contributed by atoms with Gasteiger partial charge >= 0.3 is 0 Å². The van der Waals surface area contributed by atoms with Crippen molar-refractivity contribution in [3.8, 4) is 16.9 Å². The van der Waals surface area contributed by atoms with Crippen LogP contribution in [0, 0.1) is 0 Å². The van der Waals surface area contributed by atoms with E-state index in [-0.39, 0.29) is 16.3 Å². The number of rotatable bonds is 5. The van der Waals surface area contributed by atoms with Crippen LogP contribution in [0.2, 0.25) is 5.02 Å². The Hall–Kier alpha value is -2.57. The van der Waals surface area contributed by atoms with Gasteiger partial charge in [0.25, 0.3) is 5.91 Å². The highest BCUT2D eigenvalue weighted by atomic mass is 35.5. The topological polar surface area (TPSA) is 102 Å². The standard InChI is InChI=1S/C15H13ClN2O4/c16-12-7-10(9-4-2-1-3-5-9)6-11(14(12)20)15(21)18-22-8-13(17)19/h1-7,20H,8H2,(H2,17,19)(H,18,21). The van der Waals surface area contributed by atoms with Gasteiger partial charge < -0.3 is 10.8 Å². The summed E-state index contributed by atoms with van der Waals surface area (Å²) >= 11 is 5.95. The molecule has 0 radical (unpaired) electrons. The Morgan fingerprint density at radius 3 is 2.50 bits per heavy atom. The van der Waals surface area contributed by atoms with E-state index in [4.69, 9.17) is 17.3 Å². The summed E-state index contributed by atoms with van der Waals surface area (Å²) in [5.74, 6) is -1.85. The van der Waals surface area contributed by atoms with Gasteiger partial charge in [0.05, 0.1) is 10.6 Å². The number of phenolic OH excluding ortho intramolecular Hbond substituents is 1. The second-order valence-corrected chi connectivity index (χ2v) is 4.81. The highest BCUT2D eigenvalue weighted by molar-refractivity contribution is 6.33. The Bertz CT molecular complexity index is 704. The maximum absolute atomic E-state index is 12.0. The predicted octanol–water partition coefficient (Wildman–Crippen LogP) is 1.86. The van der Waals surface area contributed by atoms with Gasteiger partial charge in [-0.15, -0.1) is 0 Å². The van der Waals surface area contributed by atoms with Gasteiger partial charge in [-0.3, -0.25) is 14.4 Å². The van der Waals surface area contributed by atoms with Gasteiger partial charge in [0.2, 0.25) is 5.91 Å². The van der Waals surface area contributed by atoms with E-state index in [1.807, 2.05) is 35.8 Å². The largest absolute Gasteiger partial charge is 0.506 e. The molecule has 0 saturated heterocycles. The van der Waals surface area contributed by atoms with Crippen molar-refractivity contribution >= 4 is 23.4 Å². The molecule has 0 heterocycles. The summed E-state index contributed by atoms with van der Waals surface area (Å²) in [6, 6.07) is 12.2. The van der Waals surface area contributed by atoms with Gasteiger partial charge in [0, 0.05) is 0 Å².